The number of rotatable bonds is 4. The van der Waals surface area contributed by atoms with Gasteiger partial charge in [0.2, 0.25) is 5.91 Å². The highest BCUT2D eigenvalue weighted by Crippen LogP contribution is 2.17. The fraction of sp³-hybridized carbons (Fsp3) is 0.444. The quantitative estimate of drug-likeness (QED) is 0.828. The highest BCUT2D eigenvalue weighted by Gasteiger charge is 2.12. The van der Waals surface area contributed by atoms with E-state index in [4.69, 9.17) is 0 Å². The van der Waals surface area contributed by atoms with Crippen molar-refractivity contribution in [3.05, 3.63) is 16.1 Å². The Kier molecular flexibility index (Phi) is 4.73. The van der Waals surface area contributed by atoms with Gasteiger partial charge in [0.25, 0.3) is 0 Å². The van der Waals surface area contributed by atoms with E-state index in [2.05, 4.69) is 37.9 Å². The zero-order chi connectivity index (χ0) is 11.3. The summed E-state index contributed by atoms with van der Waals surface area (Å²) >= 11 is 2.16. The van der Waals surface area contributed by atoms with Crippen LogP contribution in [0.15, 0.2) is 12.5 Å². The van der Waals surface area contributed by atoms with Crippen LogP contribution >= 0.6 is 22.6 Å². The van der Waals surface area contributed by atoms with E-state index in [0.717, 1.165) is 15.9 Å². The molecule has 0 spiro atoms. The minimum atomic E-state index is -0.0220. The second kappa shape index (κ2) is 5.84. The Morgan fingerprint density at radius 1 is 1.67 bits per heavy atom. The largest absolute Gasteiger partial charge is 0.358 e. The minimum absolute atomic E-state index is 0.0220. The van der Waals surface area contributed by atoms with Gasteiger partial charge in [0.15, 0.2) is 0 Å². The van der Waals surface area contributed by atoms with Crippen LogP contribution in [0.2, 0.25) is 0 Å². The minimum Gasteiger partial charge on any atom is -0.358 e. The highest BCUT2D eigenvalue weighted by atomic mass is 127. The number of nitrogens with one attached hydrogen (secondary N) is 1. The monoisotopic (exact) mass is 320 g/mol. The Labute approximate surface area is 102 Å². The van der Waals surface area contributed by atoms with Gasteiger partial charge in [0.05, 0.1) is 10.1 Å². The van der Waals surface area contributed by atoms with E-state index in [9.17, 15) is 4.79 Å². The van der Waals surface area contributed by atoms with E-state index < -0.39 is 0 Å². The number of amides is 1. The van der Waals surface area contributed by atoms with Crippen LogP contribution in [-0.4, -0.2) is 36.0 Å². The molecule has 0 atom stereocenters. The molecule has 0 aliphatic rings. The molecule has 0 radical (unpaired) electrons. The molecule has 82 valence electrons. The van der Waals surface area contributed by atoms with Crippen LogP contribution < -0.4 is 10.2 Å². The summed E-state index contributed by atoms with van der Waals surface area (Å²) in [5, 5.41) is 2.59. The van der Waals surface area contributed by atoms with E-state index in [1.54, 1.807) is 13.2 Å². The molecule has 1 N–H and O–H groups in total. The molecule has 0 aliphatic heterocycles. The van der Waals surface area contributed by atoms with Gasteiger partial charge in [-0.1, -0.05) is 0 Å². The molecular weight excluding hydrogens is 307 g/mol. The summed E-state index contributed by atoms with van der Waals surface area (Å²) in [6.07, 6.45) is 3.22. The Bertz CT molecular complexity index is 345. The zero-order valence-corrected chi connectivity index (χ0v) is 10.9. The summed E-state index contributed by atoms with van der Waals surface area (Å²) in [6, 6.07) is 0. The fourth-order valence-electron chi connectivity index (χ4n) is 1.13. The van der Waals surface area contributed by atoms with Crippen LogP contribution in [0.4, 0.5) is 5.82 Å². The standard InChI is InChI=1S/C9H13IN4O/c1-3-14(5-8(15)11-2)9-7(10)4-12-6-13-9/h4,6H,3,5H2,1-2H3,(H,11,15). The van der Waals surface area contributed by atoms with E-state index in [-0.39, 0.29) is 5.91 Å². The van der Waals surface area contributed by atoms with Gasteiger partial charge >= 0.3 is 0 Å². The highest BCUT2D eigenvalue weighted by molar-refractivity contribution is 14.1. The normalized spacial score (nSPS) is 9.80. The maximum atomic E-state index is 11.3. The van der Waals surface area contributed by atoms with Crippen LogP contribution in [0.25, 0.3) is 0 Å². The Morgan fingerprint density at radius 2 is 2.40 bits per heavy atom. The number of anilines is 1. The van der Waals surface area contributed by atoms with Crippen molar-refractivity contribution in [1.82, 2.24) is 15.3 Å². The molecule has 0 bridgehead atoms. The summed E-state index contributed by atoms with van der Waals surface area (Å²) < 4.78 is 0.945. The predicted molar refractivity (Wildman–Crippen MR) is 66.7 cm³/mol. The Hall–Kier alpha value is -0.920. The molecule has 0 aromatic carbocycles. The third-order valence-corrected chi connectivity index (χ3v) is 2.70. The predicted octanol–water partition coefficient (Wildman–Crippen LogP) is 0.654. The number of carbonyl (C=O) groups is 1. The zero-order valence-electron chi connectivity index (χ0n) is 8.70. The number of hydrogen-bond donors (Lipinski definition) is 1. The van der Waals surface area contributed by atoms with Crippen molar-refractivity contribution in [3.63, 3.8) is 0 Å². The molecule has 15 heavy (non-hydrogen) atoms. The summed E-state index contributed by atoms with van der Waals surface area (Å²) in [7, 11) is 1.63. The summed E-state index contributed by atoms with van der Waals surface area (Å²) in [5.41, 5.74) is 0. The molecule has 0 aliphatic carbocycles. The van der Waals surface area contributed by atoms with Gasteiger partial charge in [-0.25, -0.2) is 9.97 Å². The van der Waals surface area contributed by atoms with E-state index in [1.807, 2.05) is 11.8 Å². The van der Waals surface area contributed by atoms with Crippen LogP contribution in [0, 0.1) is 3.57 Å². The van der Waals surface area contributed by atoms with Crippen molar-refractivity contribution < 1.29 is 4.79 Å². The van der Waals surface area contributed by atoms with Crippen molar-refractivity contribution in [2.75, 3.05) is 25.0 Å². The van der Waals surface area contributed by atoms with Gasteiger partial charge in [-0.05, 0) is 29.5 Å². The molecule has 5 nitrogen and oxygen atoms in total. The number of carbonyl (C=O) groups excluding carboxylic acids is 1. The molecule has 1 rings (SSSR count). The van der Waals surface area contributed by atoms with Gasteiger partial charge < -0.3 is 10.2 Å². The van der Waals surface area contributed by atoms with E-state index in [0.29, 0.717) is 6.54 Å². The second-order valence-electron chi connectivity index (χ2n) is 2.88. The fourth-order valence-corrected chi connectivity index (χ4v) is 1.77. The Balaban J connectivity index is 2.83. The van der Waals surface area contributed by atoms with Crippen molar-refractivity contribution in [2.24, 2.45) is 0 Å². The molecule has 1 aromatic heterocycles. The van der Waals surface area contributed by atoms with Crippen molar-refractivity contribution >= 4 is 34.3 Å². The molecule has 0 fully saturated rings. The number of hydrogen-bond acceptors (Lipinski definition) is 4. The molecule has 6 heteroatoms. The van der Waals surface area contributed by atoms with E-state index in [1.165, 1.54) is 6.33 Å². The van der Waals surface area contributed by atoms with Crippen LogP contribution in [0.5, 0.6) is 0 Å². The molecule has 0 saturated carbocycles. The molecule has 1 heterocycles. The third-order valence-electron chi connectivity index (χ3n) is 1.94. The number of nitrogens with zero attached hydrogens (tertiary/aromatic N) is 3. The first-order valence-electron chi connectivity index (χ1n) is 4.60. The molecule has 1 aromatic rings. The van der Waals surface area contributed by atoms with Gasteiger partial charge in [0, 0.05) is 19.8 Å². The van der Waals surface area contributed by atoms with Crippen molar-refractivity contribution in [1.29, 1.82) is 0 Å². The smallest absolute Gasteiger partial charge is 0.239 e. The summed E-state index contributed by atoms with van der Waals surface area (Å²) in [6.45, 7) is 3.04. The Morgan fingerprint density at radius 3 is 2.93 bits per heavy atom. The molecule has 0 saturated heterocycles. The average Bonchev–Trinajstić information content (AvgIpc) is 2.26. The van der Waals surface area contributed by atoms with Crippen molar-refractivity contribution in [2.45, 2.75) is 6.92 Å². The SMILES string of the molecule is CCN(CC(=O)NC)c1ncncc1I. The third kappa shape index (κ3) is 3.29. The summed E-state index contributed by atoms with van der Waals surface area (Å²) in [4.78, 5) is 21.3. The van der Waals surface area contributed by atoms with Crippen LogP contribution in [0.3, 0.4) is 0 Å². The van der Waals surface area contributed by atoms with Crippen LogP contribution in [0.1, 0.15) is 6.92 Å². The van der Waals surface area contributed by atoms with E-state index >= 15 is 0 Å². The lowest BCUT2D eigenvalue weighted by Crippen LogP contribution is -2.36. The maximum absolute atomic E-state index is 11.3. The topological polar surface area (TPSA) is 58.1 Å². The molecule has 1 amide bonds. The lowest BCUT2D eigenvalue weighted by molar-refractivity contribution is -0.119. The maximum Gasteiger partial charge on any atom is 0.239 e. The lowest BCUT2D eigenvalue weighted by Gasteiger charge is -2.21. The van der Waals surface area contributed by atoms with Gasteiger partial charge in [-0.3, -0.25) is 4.79 Å². The van der Waals surface area contributed by atoms with Crippen molar-refractivity contribution in [3.8, 4) is 0 Å². The average molecular weight is 320 g/mol. The molecular formula is C9H13IN4O. The second-order valence-corrected chi connectivity index (χ2v) is 4.04. The molecule has 0 unspecified atom stereocenters. The first-order chi connectivity index (χ1) is 7.19. The van der Waals surface area contributed by atoms with Gasteiger partial charge in [-0.15, -0.1) is 0 Å². The van der Waals surface area contributed by atoms with Gasteiger partial charge in [0.1, 0.15) is 12.1 Å². The van der Waals surface area contributed by atoms with Gasteiger partial charge in [-0.2, -0.15) is 0 Å². The number of likely N-dealkylation sites (N-methyl/N-ethyl adjacent to an activating group) is 2. The first-order valence-corrected chi connectivity index (χ1v) is 5.68. The number of aromatic nitrogens is 2. The lowest BCUT2D eigenvalue weighted by atomic mass is 10.4. The summed E-state index contributed by atoms with van der Waals surface area (Å²) in [5.74, 6) is 0.781. The number of halogens is 1. The van der Waals surface area contributed by atoms with Crippen LogP contribution in [-0.2, 0) is 4.79 Å². The first kappa shape index (κ1) is 12.2.